The van der Waals surface area contributed by atoms with Crippen LogP contribution in [-0.2, 0) is 26.2 Å². The van der Waals surface area contributed by atoms with Crippen LogP contribution in [0.1, 0.15) is 25.8 Å². The molecule has 0 bridgehead atoms. The summed E-state index contributed by atoms with van der Waals surface area (Å²) in [6, 6.07) is 7.05. The highest BCUT2D eigenvalue weighted by molar-refractivity contribution is 7.90. The smallest absolute Gasteiger partial charge is 0.445 e. The molecule has 0 saturated carbocycles. The lowest BCUT2D eigenvalue weighted by atomic mass is 10.0. The Hall–Kier alpha value is -2.30. The van der Waals surface area contributed by atoms with Gasteiger partial charge in [-0.3, -0.25) is 4.79 Å². The maximum atomic E-state index is 12.4. The van der Waals surface area contributed by atoms with E-state index in [4.69, 9.17) is 4.74 Å². The van der Waals surface area contributed by atoms with E-state index in [2.05, 4.69) is 5.32 Å². The first-order chi connectivity index (χ1) is 11.9. The van der Waals surface area contributed by atoms with Crippen molar-refractivity contribution in [1.29, 1.82) is 0 Å². The Balaban J connectivity index is 2.73. The number of alkyl halides is 3. The number of nitrogens with one attached hydrogen (secondary N) is 2. The number of amides is 2. The molecule has 0 radical (unpaired) electrons. The Morgan fingerprint density at radius 1 is 1.15 bits per heavy atom. The molecule has 1 rings (SSSR count). The van der Waals surface area contributed by atoms with Crippen LogP contribution >= 0.6 is 0 Å². The number of alkyl carbamates (subject to hydrolysis) is 1. The highest BCUT2D eigenvalue weighted by Gasteiger charge is 2.47. The molecule has 1 aromatic carbocycles. The second-order valence-corrected chi connectivity index (χ2v) is 7.48. The molecule has 26 heavy (non-hydrogen) atoms. The SMILES string of the molecule is CC(C)C[C@H](NC(=O)OCc1ccccc1)C(=O)NS(=O)(=O)C(F)(F)F. The number of ether oxygens (including phenoxy) is 1. The molecule has 0 aliphatic rings. The third kappa shape index (κ3) is 6.90. The molecule has 2 amide bonds. The highest BCUT2D eigenvalue weighted by atomic mass is 32.2. The molecule has 0 heterocycles. The van der Waals surface area contributed by atoms with Crippen molar-refractivity contribution in [3.8, 4) is 0 Å². The predicted molar refractivity (Wildman–Crippen MR) is 86.1 cm³/mol. The molecule has 0 aliphatic carbocycles. The molecule has 146 valence electrons. The lowest BCUT2D eigenvalue weighted by molar-refractivity contribution is -0.122. The van der Waals surface area contributed by atoms with Crippen molar-refractivity contribution in [2.45, 2.75) is 38.4 Å². The summed E-state index contributed by atoms with van der Waals surface area (Å²) in [5.41, 5.74) is -4.98. The molecule has 0 unspecified atom stereocenters. The Labute approximate surface area is 149 Å². The van der Waals surface area contributed by atoms with Crippen molar-refractivity contribution in [1.82, 2.24) is 10.0 Å². The number of benzene rings is 1. The van der Waals surface area contributed by atoms with E-state index in [1.165, 1.54) is 0 Å². The van der Waals surface area contributed by atoms with Crippen LogP contribution in [0.25, 0.3) is 0 Å². The van der Waals surface area contributed by atoms with Crippen LogP contribution in [0, 0.1) is 5.92 Å². The Kier molecular flexibility index (Phi) is 7.42. The third-order valence-corrected chi connectivity index (χ3v) is 4.15. The molecular formula is C15H19F3N2O5S. The van der Waals surface area contributed by atoms with E-state index in [0.29, 0.717) is 5.56 Å². The second kappa shape index (κ2) is 8.88. The van der Waals surface area contributed by atoms with E-state index < -0.39 is 33.6 Å². The third-order valence-electron chi connectivity index (χ3n) is 3.07. The van der Waals surface area contributed by atoms with Crippen molar-refractivity contribution < 1.29 is 35.9 Å². The fourth-order valence-corrected chi connectivity index (χ4v) is 2.39. The summed E-state index contributed by atoms with van der Waals surface area (Å²) in [4.78, 5) is 23.7. The fourth-order valence-electron chi connectivity index (χ4n) is 1.87. The van der Waals surface area contributed by atoms with Crippen LogP contribution in [0.5, 0.6) is 0 Å². The number of sulfonamides is 1. The van der Waals surface area contributed by atoms with Crippen molar-refractivity contribution in [2.75, 3.05) is 0 Å². The van der Waals surface area contributed by atoms with Crippen LogP contribution in [0.15, 0.2) is 30.3 Å². The first-order valence-corrected chi connectivity index (χ1v) is 9.01. The average molecular weight is 396 g/mol. The van der Waals surface area contributed by atoms with E-state index in [-0.39, 0.29) is 18.9 Å². The maximum Gasteiger partial charge on any atom is 0.516 e. The lowest BCUT2D eigenvalue weighted by Crippen LogP contribution is -2.51. The van der Waals surface area contributed by atoms with E-state index in [1.807, 2.05) is 0 Å². The van der Waals surface area contributed by atoms with E-state index in [0.717, 1.165) is 4.72 Å². The van der Waals surface area contributed by atoms with Gasteiger partial charge in [0.15, 0.2) is 0 Å². The molecule has 0 fully saturated rings. The lowest BCUT2D eigenvalue weighted by Gasteiger charge is -2.20. The van der Waals surface area contributed by atoms with Gasteiger partial charge in [0, 0.05) is 0 Å². The summed E-state index contributed by atoms with van der Waals surface area (Å²) < 4.78 is 65.0. The summed E-state index contributed by atoms with van der Waals surface area (Å²) >= 11 is 0. The summed E-state index contributed by atoms with van der Waals surface area (Å²) in [7, 11) is -5.86. The van der Waals surface area contributed by atoms with Gasteiger partial charge < -0.3 is 10.1 Å². The van der Waals surface area contributed by atoms with Gasteiger partial charge in [0.05, 0.1) is 0 Å². The van der Waals surface area contributed by atoms with Gasteiger partial charge in [-0.15, -0.1) is 0 Å². The van der Waals surface area contributed by atoms with Gasteiger partial charge in [0.2, 0.25) is 0 Å². The van der Waals surface area contributed by atoms with Crippen molar-refractivity contribution in [2.24, 2.45) is 5.92 Å². The molecule has 1 aromatic rings. The standard InChI is InChI=1S/C15H19F3N2O5S/c1-10(2)8-12(13(21)20-26(23,24)15(16,17)18)19-14(22)25-9-11-6-4-3-5-7-11/h3-7,10,12H,8-9H2,1-2H3,(H,19,22)(H,20,21)/t12-/m0/s1. The fraction of sp³-hybridized carbons (Fsp3) is 0.467. The summed E-state index contributed by atoms with van der Waals surface area (Å²) in [5.74, 6) is -1.71. The topological polar surface area (TPSA) is 102 Å². The molecule has 0 aromatic heterocycles. The molecule has 0 spiro atoms. The number of halogens is 3. The van der Waals surface area contributed by atoms with Crippen LogP contribution in [-0.4, -0.2) is 32.0 Å². The van der Waals surface area contributed by atoms with E-state index >= 15 is 0 Å². The first kappa shape index (κ1) is 21.7. The minimum absolute atomic E-state index is 0.0837. The molecule has 7 nitrogen and oxygen atoms in total. The molecule has 11 heteroatoms. The highest BCUT2D eigenvalue weighted by Crippen LogP contribution is 2.21. The Bertz CT molecular complexity index is 721. The van der Waals surface area contributed by atoms with Crippen LogP contribution < -0.4 is 10.0 Å². The first-order valence-electron chi connectivity index (χ1n) is 7.52. The zero-order valence-electron chi connectivity index (χ0n) is 14.0. The van der Waals surface area contributed by atoms with Crippen LogP contribution in [0.2, 0.25) is 0 Å². The largest absolute Gasteiger partial charge is 0.516 e. The summed E-state index contributed by atoms with van der Waals surface area (Å²) in [6.07, 6.45) is -1.14. The molecule has 1 atom stereocenters. The molecule has 2 N–H and O–H groups in total. The van der Waals surface area contributed by atoms with E-state index in [9.17, 15) is 31.2 Å². The van der Waals surface area contributed by atoms with Gasteiger partial charge in [-0.05, 0) is 17.9 Å². The number of hydrogen-bond donors (Lipinski definition) is 2. The average Bonchev–Trinajstić information content (AvgIpc) is 2.51. The predicted octanol–water partition coefficient (Wildman–Crippen LogP) is 2.29. The Morgan fingerprint density at radius 3 is 2.23 bits per heavy atom. The molecule has 0 saturated heterocycles. The van der Waals surface area contributed by atoms with Crippen molar-refractivity contribution in [3.05, 3.63) is 35.9 Å². The van der Waals surface area contributed by atoms with Crippen LogP contribution in [0.3, 0.4) is 0 Å². The quantitative estimate of drug-likeness (QED) is 0.736. The van der Waals surface area contributed by atoms with Gasteiger partial charge in [0.1, 0.15) is 12.6 Å². The van der Waals surface area contributed by atoms with Gasteiger partial charge in [-0.2, -0.15) is 21.6 Å². The van der Waals surface area contributed by atoms with Gasteiger partial charge in [0.25, 0.3) is 5.91 Å². The summed E-state index contributed by atoms with van der Waals surface area (Å²) in [6.45, 7) is 3.18. The van der Waals surface area contributed by atoms with Crippen molar-refractivity contribution >= 4 is 22.0 Å². The maximum absolute atomic E-state index is 12.4. The zero-order valence-corrected chi connectivity index (χ0v) is 14.9. The monoisotopic (exact) mass is 396 g/mol. The zero-order chi connectivity index (χ0) is 20.0. The molecular weight excluding hydrogens is 377 g/mol. The molecule has 0 aliphatic heterocycles. The Morgan fingerprint density at radius 2 is 1.73 bits per heavy atom. The van der Waals surface area contributed by atoms with Crippen LogP contribution in [0.4, 0.5) is 18.0 Å². The van der Waals surface area contributed by atoms with Crippen molar-refractivity contribution in [3.63, 3.8) is 0 Å². The normalized spacial score (nSPS) is 13.2. The number of carbonyl (C=O) groups is 2. The minimum Gasteiger partial charge on any atom is -0.445 e. The van der Waals surface area contributed by atoms with E-state index in [1.54, 1.807) is 44.2 Å². The summed E-state index contributed by atoms with van der Waals surface area (Å²) in [5, 5.41) is 2.09. The minimum atomic E-state index is -5.86. The number of carbonyl (C=O) groups excluding carboxylic acids is 2. The van der Waals surface area contributed by atoms with Gasteiger partial charge in [-0.1, -0.05) is 44.2 Å². The number of rotatable bonds is 7. The second-order valence-electron chi connectivity index (χ2n) is 5.80. The van der Waals surface area contributed by atoms with Gasteiger partial charge >= 0.3 is 21.6 Å². The van der Waals surface area contributed by atoms with Gasteiger partial charge in [-0.25, -0.2) is 9.52 Å². The number of hydrogen-bond acceptors (Lipinski definition) is 5.